The Bertz CT molecular complexity index is 737. The van der Waals surface area contributed by atoms with Gasteiger partial charge in [-0.25, -0.2) is 0 Å². The zero-order valence-electron chi connectivity index (χ0n) is 12.6. The van der Waals surface area contributed by atoms with Gasteiger partial charge in [-0.1, -0.05) is 60.7 Å². The van der Waals surface area contributed by atoms with Gasteiger partial charge in [-0.3, -0.25) is 0 Å². The molecule has 0 bridgehead atoms. The van der Waals surface area contributed by atoms with Crippen molar-refractivity contribution in [3.63, 3.8) is 0 Å². The van der Waals surface area contributed by atoms with Crippen LogP contribution in [0.25, 0.3) is 11.1 Å². The fraction of sp³-hybridized carbons (Fsp3) is 0.100. The second kappa shape index (κ2) is 6.81. The minimum Gasteiger partial charge on any atom is -0.497 e. The third kappa shape index (κ3) is 3.29. The molecule has 2 nitrogen and oxygen atoms in total. The van der Waals surface area contributed by atoms with Crippen molar-refractivity contribution in [1.29, 1.82) is 0 Å². The standard InChI is InChI=1S/C20H19NO/c1-22-18-11-7-10-17(14-18)19-12-5-6-13-20(19)21-15-16-8-3-2-4-9-16/h2-14,21H,15H2,1H3. The van der Waals surface area contributed by atoms with E-state index in [2.05, 4.69) is 66.0 Å². The second-order valence-corrected chi connectivity index (χ2v) is 5.12. The monoisotopic (exact) mass is 289 g/mol. The fourth-order valence-corrected chi connectivity index (χ4v) is 2.47. The van der Waals surface area contributed by atoms with Crippen LogP contribution in [0.15, 0.2) is 78.9 Å². The summed E-state index contributed by atoms with van der Waals surface area (Å²) in [5.41, 5.74) is 4.72. The van der Waals surface area contributed by atoms with E-state index in [1.165, 1.54) is 11.1 Å². The Morgan fingerprint density at radius 3 is 2.41 bits per heavy atom. The molecule has 0 saturated heterocycles. The summed E-state index contributed by atoms with van der Waals surface area (Å²) in [6, 6.07) is 26.9. The Kier molecular flexibility index (Phi) is 4.40. The van der Waals surface area contributed by atoms with Crippen LogP contribution in [0.1, 0.15) is 5.56 Å². The molecule has 22 heavy (non-hydrogen) atoms. The van der Waals surface area contributed by atoms with Crippen LogP contribution in [0.5, 0.6) is 5.75 Å². The fourth-order valence-electron chi connectivity index (χ4n) is 2.47. The molecule has 0 radical (unpaired) electrons. The molecule has 0 fully saturated rings. The predicted octanol–water partition coefficient (Wildman–Crippen LogP) is 4.97. The highest BCUT2D eigenvalue weighted by Gasteiger charge is 2.05. The predicted molar refractivity (Wildman–Crippen MR) is 92.2 cm³/mol. The van der Waals surface area contributed by atoms with E-state index in [0.29, 0.717) is 0 Å². The van der Waals surface area contributed by atoms with E-state index in [-0.39, 0.29) is 0 Å². The molecule has 0 saturated carbocycles. The van der Waals surface area contributed by atoms with Crippen molar-refractivity contribution < 1.29 is 4.74 Å². The van der Waals surface area contributed by atoms with Crippen molar-refractivity contribution in [2.24, 2.45) is 0 Å². The molecule has 0 spiro atoms. The van der Waals surface area contributed by atoms with Gasteiger partial charge in [0.1, 0.15) is 5.75 Å². The van der Waals surface area contributed by atoms with Crippen LogP contribution in [0.3, 0.4) is 0 Å². The van der Waals surface area contributed by atoms with Gasteiger partial charge in [-0.2, -0.15) is 0 Å². The van der Waals surface area contributed by atoms with Gasteiger partial charge >= 0.3 is 0 Å². The molecule has 0 atom stereocenters. The first-order chi connectivity index (χ1) is 10.9. The Balaban J connectivity index is 1.86. The number of hydrogen-bond acceptors (Lipinski definition) is 2. The lowest BCUT2D eigenvalue weighted by molar-refractivity contribution is 0.415. The minimum atomic E-state index is 0.807. The Morgan fingerprint density at radius 2 is 1.59 bits per heavy atom. The van der Waals surface area contributed by atoms with E-state index in [0.717, 1.165) is 23.5 Å². The summed E-state index contributed by atoms with van der Waals surface area (Å²) < 4.78 is 5.33. The van der Waals surface area contributed by atoms with Gasteiger partial charge in [0, 0.05) is 17.8 Å². The van der Waals surface area contributed by atoms with Gasteiger partial charge in [0.2, 0.25) is 0 Å². The molecule has 0 heterocycles. The van der Waals surface area contributed by atoms with Gasteiger partial charge in [0.15, 0.2) is 0 Å². The normalized spacial score (nSPS) is 10.2. The molecule has 0 amide bonds. The molecule has 3 rings (SSSR count). The van der Waals surface area contributed by atoms with E-state index in [9.17, 15) is 0 Å². The van der Waals surface area contributed by atoms with E-state index < -0.39 is 0 Å². The Morgan fingerprint density at radius 1 is 0.818 bits per heavy atom. The SMILES string of the molecule is COc1cccc(-c2ccccc2NCc2ccccc2)c1. The quantitative estimate of drug-likeness (QED) is 0.715. The zero-order valence-corrected chi connectivity index (χ0v) is 12.6. The molecule has 2 heteroatoms. The summed E-state index contributed by atoms with van der Waals surface area (Å²) in [4.78, 5) is 0. The number of ether oxygens (including phenoxy) is 1. The molecule has 0 aliphatic heterocycles. The smallest absolute Gasteiger partial charge is 0.119 e. The lowest BCUT2D eigenvalue weighted by Crippen LogP contribution is -2.00. The van der Waals surface area contributed by atoms with Gasteiger partial charge in [0.05, 0.1) is 7.11 Å². The van der Waals surface area contributed by atoms with E-state index in [1.54, 1.807) is 7.11 Å². The second-order valence-electron chi connectivity index (χ2n) is 5.12. The van der Waals surface area contributed by atoms with Crippen LogP contribution in [0.2, 0.25) is 0 Å². The summed E-state index contributed by atoms with van der Waals surface area (Å²) >= 11 is 0. The van der Waals surface area contributed by atoms with Crippen LogP contribution >= 0.6 is 0 Å². The van der Waals surface area contributed by atoms with Crippen molar-refractivity contribution in [1.82, 2.24) is 0 Å². The van der Waals surface area contributed by atoms with Crippen LogP contribution in [-0.2, 0) is 6.54 Å². The van der Waals surface area contributed by atoms with Crippen LogP contribution in [-0.4, -0.2) is 7.11 Å². The van der Waals surface area contributed by atoms with E-state index in [4.69, 9.17) is 4.74 Å². The van der Waals surface area contributed by atoms with Gasteiger partial charge < -0.3 is 10.1 Å². The lowest BCUT2D eigenvalue weighted by Gasteiger charge is -2.13. The number of para-hydroxylation sites is 1. The van der Waals surface area contributed by atoms with Crippen molar-refractivity contribution >= 4 is 5.69 Å². The summed E-state index contributed by atoms with van der Waals surface area (Å²) in [7, 11) is 1.69. The van der Waals surface area contributed by atoms with Crippen LogP contribution < -0.4 is 10.1 Å². The van der Waals surface area contributed by atoms with E-state index >= 15 is 0 Å². The molecule has 0 aromatic heterocycles. The molecule has 0 unspecified atom stereocenters. The van der Waals surface area contributed by atoms with Crippen molar-refractivity contribution in [3.8, 4) is 16.9 Å². The van der Waals surface area contributed by atoms with Crippen molar-refractivity contribution in [3.05, 3.63) is 84.4 Å². The maximum absolute atomic E-state index is 5.33. The molecular weight excluding hydrogens is 270 g/mol. The zero-order chi connectivity index (χ0) is 15.2. The Labute approximate surface area is 131 Å². The summed E-state index contributed by atoms with van der Waals surface area (Å²) in [5, 5.41) is 3.52. The highest BCUT2D eigenvalue weighted by atomic mass is 16.5. The maximum atomic E-state index is 5.33. The average molecular weight is 289 g/mol. The molecule has 0 aliphatic carbocycles. The molecule has 110 valence electrons. The molecular formula is C20H19NO. The number of methoxy groups -OCH3 is 1. The average Bonchev–Trinajstić information content (AvgIpc) is 2.61. The number of rotatable bonds is 5. The highest BCUT2D eigenvalue weighted by Crippen LogP contribution is 2.30. The summed E-state index contributed by atoms with van der Waals surface area (Å²) in [6.07, 6.45) is 0. The minimum absolute atomic E-state index is 0.807. The first-order valence-corrected chi connectivity index (χ1v) is 7.38. The largest absolute Gasteiger partial charge is 0.497 e. The van der Waals surface area contributed by atoms with Crippen LogP contribution in [0, 0.1) is 0 Å². The number of hydrogen-bond donors (Lipinski definition) is 1. The first-order valence-electron chi connectivity index (χ1n) is 7.38. The number of anilines is 1. The molecule has 1 N–H and O–H groups in total. The summed E-state index contributed by atoms with van der Waals surface area (Å²) in [5.74, 6) is 0.871. The molecule has 3 aromatic rings. The maximum Gasteiger partial charge on any atom is 0.119 e. The van der Waals surface area contributed by atoms with Gasteiger partial charge in [0.25, 0.3) is 0 Å². The highest BCUT2D eigenvalue weighted by molar-refractivity contribution is 5.78. The first kappa shape index (κ1) is 14.2. The topological polar surface area (TPSA) is 21.3 Å². The lowest BCUT2D eigenvalue weighted by atomic mass is 10.0. The third-order valence-electron chi connectivity index (χ3n) is 3.63. The third-order valence-corrected chi connectivity index (χ3v) is 3.63. The summed E-state index contributed by atoms with van der Waals surface area (Å²) in [6.45, 7) is 0.807. The molecule has 3 aromatic carbocycles. The van der Waals surface area contributed by atoms with Crippen molar-refractivity contribution in [2.75, 3.05) is 12.4 Å². The van der Waals surface area contributed by atoms with E-state index in [1.807, 2.05) is 18.2 Å². The van der Waals surface area contributed by atoms with Gasteiger partial charge in [-0.05, 0) is 29.3 Å². The number of benzene rings is 3. The molecule has 0 aliphatic rings. The van der Waals surface area contributed by atoms with Crippen LogP contribution in [0.4, 0.5) is 5.69 Å². The Hall–Kier alpha value is -2.74. The van der Waals surface area contributed by atoms with Crippen molar-refractivity contribution in [2.45, 2.75) is 6.54 Å². The number of nitrogens with one attached hydrogen (secondary N) is 1. The van der Waals surface area contributed by atoms with Gasteiger partial charge in [-0.15, -0.1) is 0 Å².